The number of pyridine rings is 1. The molecule has 5 nitrogen and oxygen atoms in total. The molecule has 0 unspecified atom stereocenters. The van der Waals surface area contributed by atoms with Crippen molar-refractivity contribution >= 4 is 16.9 Å². The van der Waals surface area contributed by atoms with E-state index in [1.807, 2.05) is 56.6 Å². The van der Waals surface area contributed by atoms with E-state index in [1.165, 1.54) is 12.8 Å². The molecule has 1 aliphatic rings. The fourth-order valence-corrected chi connectivity index (χ4v) is 4.98. The number of ether oxygens (including phenoxy) is 1. The van der Waals surface area contributed by atoms with Crippen LogP contribution in [0.3, 0.4) is 0 Å². The Hall–Kier alpha value is -3.60. The molecule has 1 saturated carbocycles. The number of amides is 1. The van der Waals surface area contributed by atoms with Gasteiger partial charge in [0.1, 0.15) is 11.4 Å². The van der Waals surface area contributed by atoms with Gasteiger partial charge in [-0.25, -0.2) is 4.98 Å². The van der Waals surface area contributed by atoms with E-state index in [0.29, 0.717) is 11.5 Å². The van der Waals surface area contributed by atoms with Crippen molar-refractivity contribution in [3.63, 3.8) is 0 Å². The van der Waals surface area contributed by atoms with E-state index in [2.05, 4.69) is 28.2 Å². The van der Waals surface area contributed by atoms with Gasteiger partial charge in [-0.1, -0.05) is 43.2 Å². The molecule has 168 valence electrons. The molecule has 2 aromatic heterocycles. The summed E-state index contributed by atoms with van der Waals surface area (Å²) in [7, 11) is 0. The van der Waals surface area contributed by atoms with Crippen molar-refractivity contribution < 1.29 is 9.53 Å². The first kappa shape index (κ1) is 21.3. The first-order chi connectivity index (χ1) is 16.0. The van der Waals surface area contributed by atoms with Crippen LogP contribution < -0.4 is 10.5 Å². The first-order valence-electron chi connectivity index (χ1n) is 11.7. The number of aromatic amines is 1. The minimum Gasteiger partial charge on any atom is -0.490 e. The molecule has 0 bridgehead atoms. The van der Waals surface area contributed by atoms with Crippen molar-refractivity contribution in [1.29, 1.82) is 0 Å². The number of para-hydroxylation sites is 1. The van der Waals surface area contributed by atoms with E-state index >= 15 is 0 Å². The molecular weight excluding hydrogens is 410 g/mol. The molecule has 2 heterocycles. The lowest BCUT2D eigenvalue weighted by Crippen LogP contribution is -2.15. The number of aromatic nitrogens is 2. The summed E-state index contributed by atoms with van der Waals surface area (Å²) in [5.41, 5.74) is 12.4. The summed E-state index contributed by atoms with van der Waals surface area (Å²) >= 11 is 0. The maximum absolute atomic E-state index is 12.1. The van der Waals surface area contributed by atoms with Crippen molar-refractivity contribution in [1.82, 2.24) is 9.97 Å². The van der Waals surface area contributed by atoms with Gasteiger partial charge in [0.05, 0.1) is 6.10 Å². The third kappa shape index (κ3) is 4.11. The number of nitrogens with one attached hydrogen (secondary N) is 1. The summed E-state index contributed by atoms with van der Waals surface area (Å²) in [5, 5.41) is 1.04. The molecule has 0 spiro atoms. The molecule has 1 amide bonds. The Morgan fingerprint density at radius 1 is 1.06 bits per heavy atom. The Balaban J connectivity index is 1.61. The molecule has 1 fully saturated rings. The number of benzene rings is 2. The van der Waals surface area contributed by atoms with Crippen LogP contribution in [0.4, 0.5) is 0 Å². The Kier molecular flexibility index (Phi) is 5.63. The normalized spacial score (nSPS) is 14.3. The second-order valence-electron chi connectivity index (χ2n) is 9.13. The van der Waals surface area contributed by atoms with Gasteiger partial charge in [0.2, 0.25) is 5.91 Å². The minimum atomic E-state index is -0.354. The van der Waals surface area contributed by atoms with E-state index in [4.69, 9.17) is 10.5 Å². The van der Waals surface area contributed by atoms with Gasteiger partial charge in [-0.15, -0.1) is 0 Å². The van der Waals surface area contributed by atoms with Gasteiger partial charge in [-0.05, 0) is 61.9 Å². The van der Waals surface area contributed by atoms with Crippen LogP contribution in [0.1, 0.15) is 61.4 Å². The van der Waals surface area contributed by atoms with Crippen LogP contribution in [0.5, 0.6) is 5.75 Å². The van der Waals surface area contributed by atoms with Gasteiger partial charge in [0.15, 0.2) is 0 Å². The van der Waals surface area contributed by atoms with Crippen LogP contribution in [0.25, 0.3) is 33.3 Å². The highest BCUT2D eigenvalue weighted by Crippen LogP contribution is 2.39. The fourth-order valence-electron chi connectivity index (χ4n) is 4.98. The van der Waals surface area contributed by atoms with Crippen molar-refractivity contribution in [3.05, 3.63) is 72.1 Å². The van der Waals surface area contributed by atoms with Crippen molar-refractivity contribution in [2.24, 2.45) is 5.73 Å². The lowest BCUT2D eigenvalue weighted by molar-refractivity contribution is 0.0999. The van der Waals surface area contributed by atoms with Gasteiger partial charge in [-0.2, -0.15) is 0 Å². The van der Waals surface area contributed by atoms with Crippen molar-refractivity contribution in [2.45, 2.75) is 51.6 Å². The summed E-state index contributed by atoms with van der Waals surface area (Å²) in [6.45, 7) is 4.06. The second kappa shape index (κ2) is 8.74. The number of H-pyrrole nitrogens is 1. The van der Waals surface area contributed by atoms with Gasteiger partial charge in [0, 0.05) is 40.0 Å². The molecule has 3 N–H and O–H groups in total. The van der Waals surface area contributed by atoms with Crippen molar-refractivity contribution in [3.8, 4) is 28.0 Å². The zero-order valence-electron chi connectivity index (χ0n) is 19.1. The predicted octanol–water partition coefficient (Wildman–Crippen LogP) is 6.44. The summed E-state index contributed by atoms with van der Waals surface area (Å²) in [5.74, 6) is 0.888. The van der Waals surface area contributed by atoms with Gasteiger partial charge in [0.25, 0.3) is 0 Å². The zero-order valence-corrected chi connectivity index (χ0v) is 19.1. The molecule has 2 aromatic carbocycles. The maximum Gasteiger partial charge on any atom is 0.248 e. The number of carbonyl (C=O) groups excluding carboxylic acids is 1. The molecule has 1 aliphatic carbocycles. The summed E-state index contributed by atoms with van der Waals surface area (Å²) in [6, 6.07) is 16.2. The highest BCUT2D eigenvalue weighted by atomic mass is 16.5. The molecule has 0 radical (unpaired) electrons. The molecule has 33 heavy (non-hydrogen) atoms. The molecule has 0 aliphatic heterocycles. The van der Waals surface area contributed by atoms with Crippen LogP contribution in [0.2, 0.25) is 0 Å². The number of carbonyl (C=O) groups is 1. The van der Waals surface area contributed by atoms with E-state index in [0.717, 1.165) is 57.4 Å². The maximum atomic E-state index is 12.1. The molecule has 0 atom stereocenters. The summed E-state index contributed by atoms with van der Waals surface area (Å²) < 4.78 is 6.04. The third-order valence-electron chi connectivity index (χ3n) is 6.51. The third-order valence-corrected chi connectivity index (χ3v) is 6.51. The Morgan fingerprint density at radius 3 is 2.61 bits per heavy atom. The van der Waals surface area contributed by atoms with Crippen LogP contribution in [-0.4, -0.2) is 22.0 Å². The van der Waals surface area contributed by atoms with Crippen LogP contribution in [-0.2, 0) is 0 Å². The standard InChI is InChI=1S/C28H29N3O2/c1-17(2)33-26-10-6-5-9-21(26)20-14-24-25(16-31-28(24)30-15-20)19-11-12-22(27(29)32)23(13-19)18-7-3-4-8-18/h5-6,9-18H,3-4,7-8H2,1-2H3,(H2,29,32)(H,30,31). The lowest BCUT2D eigenvalue weighted by atomic mass is 9.89. The smallest absolute Gasteiger partial charge is 0.248 e. The van der Waals surface area contributed by atoms with Crippen LogP contribution >= 0.6 is 0 Å². The van der Waals surface area contributed by atoms with E-state index in [1.54, 1.807) is 0 Å². The Morgan fingerprint density at radius 2 is 1.85 bits per heavy atom. The number of rotatable bonds is 6. The highest BCUT2D eigenvalue weighted by molar-refractivity contribution is 5.98. The van der Waals surface area contributed by atoms with Crippen molar-refractivity contribution in [2.75, 3.05) is 0 Å². The van der Waals surface area contributed by atoms with Gasteiger partial charge in [-0.3, -0.25) is 4.79 Å². The van der Waals surface area contributed by atoms with E-state index in [9.17, 15) is 4.79 Å². The predicted molar refractivity (Wildman–Crippen MR) is 132 cm³/mol. The second-order valence-corrected chi connectivity index (χ2v) is 9.13. The number of hydrogen-bond acceptors (Lipinski definition) is 3. The average molecular weight is 440 g/mol. The van der Waals surface area contributed by atoms with Gasteiger partial charge >= 0.3 is 0 Å². The topological polar surface area (TPSA) is 81.0 Å². The average Bonchev–Trinajstić information content (AvgIpc) is 3.48. The van der Waals surface area contributed by atoms with Crippen LogP contribution in [0.15, 0.2) is 60.9 Å². The highest BCUT2D eigenvalue weighted by Gasteiger charge is 2.23. The number of primary amides is 1. The van der Waals surface area contributed by atoms with Crippen LogP contribution in [0, 0.1) is 0 Å². The number of nitrogens with two attached hydrogens (primary N) is 1. The summed E-state index contributed by atoms with van der Waals surface area (Å²) in [4.78, 5) is 20.1. The lowest BCUT2D eigenvalue weighted by Gasteiger charge is -2.16. The van der Waals surface area contributed by atoms with Gasteiger partial charge < -0.3 is 15.5 Å². The molecule has 5 heteroatoms. The molecule has 5 rings (SSSR count). The first-order valence-corrected chi connectivity index (χ1v) is 11.7. The largest absolute Gasteiger partial charge is 0.490 e. The SMILES string of the molecule is CC(C)Oc1ccccc1-c1cnc2[nH]cc(-c3ccc(C(N)=O)c(C4CCCC4)c3)c2c1. The van der Waals surface area contributed by atoms with E-state index < -0.39 is 0 Å². The quantitative estimate of drug-likeness (QED) is 0.363. The molecular formula is C28H29N3O2. The number of nitrogens with zero attached hydrogens (tertiary/aromatic N) is 1. The fraction of sp³-hybridized carbons (Fsp3) is 0.286. The van der Waals surface area contributed by atoms with E-state index in [-0.39, 0.29) is 12.0 Å². The minimum absolute atomic E-state index is 0.0865. The Bertz CT molecular complexity index is 1320. The zero-order chi connectivity index (χ0) is 22.9. The number of hydrogen-bond donors (Lipinski definition) is 2. The summed E-state index contributed by atoms with van der Waals surface area (Å²) in [6.07, 6.45) is 8.58. The molecule has 0 saturated heterocycles. The number of fused-ring (bicyclic) bond motifs is 1. The molecule has 4 aromatic rings. The Labute approximate surface area is 194 Å². The monoisotopic (exact) mass is 439 g/mol.